The third-order valence-corrected chi connectivity index (χ3v) is 7.60. The van der Waals surface area contributed by atoms with E-state index >= 15 is 0 Å². The van der Waals surface area contributed by atoms with Crippen molar-refractivity contribution in [3.63, 3.8) is 0 Å². The number of aliphatic hydroxyl groups is 1. The third-order valence-electron chi connectivity index (χ3n) is 7.60. The van der Waals surface area contributed by atoms with Gasteiger partial charge in [0.05, 0.1) is 25.8 Å². The van der Waals surface area contributed by atoms with Gasteiger partial charge in [0.1, 0.15) is 18.1 Å². The Hall–Kier alpha value is -4.30. The summed E-state index contributed by atoms with van der Waals surface area (Å²) in [6, 6.07) is 19.4. The summed E-state index contributed by atoms with van der Waals surface area (Å²) in [5, 5.41) is 11.5. The fraction of sp³-hybridized carbons (Fsp3) is 0.333. The molecule has 0 aliphatic carbocycles. The van der Waals surface area contributed by atoms with Crippen LogP contribution in [0.4, 0.5) is 0 Å². The van der Waals surface area contributed by atoms with Gasteiger partial charge in [0.25, 0.3) is 11.7 Å². The first kappa shape index (κ1) is 29.7. The molecule has 0 saturated carbocycles. The highest BCUT2D eigenvalue weighted by molar-refractivity contribution is 6.46. The summed E-state index contributed by atoms with van der Waals surface area (Å²) in [6.07, 6.45) is 0. The van der Waals surface area contributed by atoms with Crippen molar-refractivity contribution in [2.45, 2.75) is 33.4 Å². The zero-order valence-corrected chi connectivity index (χ0v) is 24.3. The second kappa shape index (κ2) is 13.4. The van der Waals surface area contributed by atoms with Crippen molar-refractivity contribution in [3.8, 4) is 17.2 Å². The molecule has 1 saturated heterocycles. The average molecular weight is 559 g/mol. The maximum absolute atomic E-state index is 13.4. The van der Waals surface area contributed by atoms with Crippen molar-refractivity contribution in [2.24, 2.45) is 0 Å². The van der Waals surface area contributed by atoms with Crippen molar-refractivity contribution >= 4 is 17.4 Å². The van der Waals surface area contributed by atoms with Crippen LogP contribution in [0.2, 0.25) is 0 Å². The van der Waals surface area contributed by atoms with Crippen LogP contribution >= 0.6 is 0 Å². The molecule has 1 aliphatic rings. The highest BCUT2D eigenvalue weighted by Gasteiger charge is 2.46. The summed E-state index contributed by atoms with van der Waals surface area (Å²) < 4.78 is 16.8. The van der Waals surface area contributed by atoms with E-state index in [2.05, 4.69) is 18.7 Å². The Labute approximate surface area is 241 Å². The molecule has 8 heteroatoms. The first-order valence-electron chi connectivity index (χ1n) is 13.8. The monoisotopic (exact) mass is 558 g/mol. The highest BCUT2D eigenvalue weighted by atomic mass is 16.5. The molecular formula is C33H38N2O6. The number of carbonyl (C=O) groups is 2. The molecule has 41 heavy (non-hydrogen) atoms. The number of nitrogens with zero attached hydrogens (tertiary/aromatic N) is 2. The first-order valence-corrected chi connectivity index (χ1v) is 13.8. The maximum Gasteiger partial charge on any atom is 0.295 e. The number of hydrogen-bond acceptors (Lipinski definition) is 7. The molecule has 0 aromatic heterocycles. The molecule has 3 aromatic carbocycles. The number of likely N-dealkylation sites (tertiary alicyclic amines) is 1. The van der Waals surface area contributed by atoms with Crippen LogP contribution in [0.3, 0.4) is 0 Å². The largest absolute Gasteiger partial charge is 0.507 e. The zero-order chi connectivity index (χ0) is 29.5. The predicted octanol–water partition coefficient (Wildman–Crippen LogP) is 5.35. The number of likely N-dealkylation sites (N-methyl/N-ethyl adjacent to an activating group) is 1. The van der Waals surface area contributed by atoms with Gasteiger partial charge in [-0.1, -0.05) is 44.2 Å². The van der Waals surface area contributed by atoms with E-state index < -0.39 is 17.7 Å². The van der Waals surface area contributed by atoms with E-state index in [1.165, 1.54) is 12.0 Å². The van der Waals surface area contributed by atoms with Crippen LogP contribution in [0.15, 0.2) is 72.3 Å². The van der Waals surface area contributed by atoms with Crippen molar-refractivity contribution in [2.75, 3.05) is 40.4 Å². The van der Waals surface area contributed by atoms with Crippen molar-refractivity contribution < 1.29 is 28.9 Å². The molecule has 1 amide bonds. The first-order chi connectivity index (χ1) is 19.8. The number of benzene rings is 3. The topological polar surface area (TPSA) is 88.5 Å². The lowest BCUT2D eigenvalue weighted by molar-refractivity contribution is -0.140. The standard InChI is InChI=1S/C33H38N2O6/c1-6-34(7-2)18-19-35-30(24-14-17-27(39-4)28(20-24)40-5)29(32(37)33(35)38)31(36)23-12-15-26(16-13-23)41-21-25-11-9-8-10-22(25)3/h8-17,20,30,36H,6-7,18-19,21H2,1-5H3/b31-29+. The quantitative estimate of drug-likeness (QED) is 0.182. The lowest BCUT2D eigenvalue weighted by atomic mass is 9.95. The number of Topliss-reactive ketones (excluding diaryl/α,β-unsaturated/α-hetero) is 1. The highest BCUT2D eigenvalue weighted by Crippen LogP contribution is 2.42. The van der Waals surface area contributed by atoms with Crippen LogP contribution in [-0.2, 0) is 16.2 Å². The van der Waals surface area contributed by atoms with Gasteiger partial charge in [0, 0.05) is 18.7 Å². The summed E-state index contributed by atoms with van der Waals surface area (Å²) in [7, 11) is 3.07. The second-order valence-corrected chi connectivity index (χ2v) is 9.87. The van der Waals surface area contributed by atoms with Crippen LogP contribution in [0.1, 0.15) is 42.1 Å². The van der Waals surface area contributed by atoms with Gasteiger partial charge in [-0.25, -0.2) is 0 Å². The Bertz CT molecular complexity index is 1410. The molecule has 0 radical (unpaired) electrons. The number of aryl methyl sites for hydroxylation is 1. The Balaban J connectivity index is 1.69. The number of ether oxygens (including phenoxy) is 3. The molecule has 1 unspecified atom stereocenters. The van der Waals surface area contributed by atoms with Crippen LogP contribution in [0, 0.1) is 6.92 Å². The number of amides is 1. The third kappa shape index (κ3) is 6.38. The van der Waals surface area contributed by atoms with Gasteiger partial charge in [-0.15, -0.1) is 0 Å². The average Bonchev–Trinajstić information content (AvgIpc) is 3.25. The number of carbonyl (C=O) groups excluding carboxylic acids is 2. The number of ketones is 1. The fourth-order valence-corrected chi connectivity index (χ4v) is 5.07. The SMILES string of the molecule is CCN(CC)CCN1C(=O)C(=O)/C(=C(/O)c2ccc(OCc3ccccc3C)cc2)C1c1ccc(OC)c(OC)c1. The van der Waals surface area contributed by atoms with E-state index in [4.69, 9.17) is 14.2 Å². The summed E-state index contributed by atoms with van der Waals surface area (Å²) in [6.45, 7) is 9.11. The Kier molecular flexibility index (Phi) is 9.68. The fourth-order valence-electron chi connectivity index (χ4n) is 5.07. The van der Waals surface area contributed by atoms with Crippen molar-refractivity contribution in [1.82, 2.24) is 9.80 Å². The van der Waals surface area contributed by atoms with E-state index in [9.17, 15) is 14.7 Å². The van der Waals surface area contributed by atoms with Crippen molar-refractivity contribution in [1.29, 1.82) is 0 Å². The Morgan fingerprint density at radius 3 is 2.24 bits per heavy atom. The van der Waals surface area contributed by atoms with Crippen LogP contribution in [-0.4, -0.2) is 67.0 Å². The molecule has 3 aromatic rings. The summed E-state index contributed by atoms with van der Waals surface area (Å²) in [4.78, 5) is 30.5. The molecule has 1 atom stereocenters. The zero-order valence-electron chi connectivity index (χ0n) is 24.3. The van der Waals surface area contributed by atoms with Gasteiger partial charge in [0.15, 0.2) is 11.5 Å². The Morgan fingerprint density at radius 2 is 1.61 bits per heavy atom. The van der Waals surface area contributed by atoms with Gasteiger partial charge in [-0.05, 0) is 73.1 Å². The summed E-state index contributed by atoms with van der Waals surface area (Å²) >= 11 is 0. The summed E-state index contributed by atoms with van der Waals surface area (Å²) in [5.74, 6) is 0.0188. The minimum absolute atomic E-state index is 0.0374. The minimum Gasteiger partial charge on any atom is -0.507 e. The molecular weight excluding hydrogens is 520 g/mol. The molecule has 216 valence electrons. The van der Waals surface area contributed by atoms with Gasteiger partial charge >= 0.3 is 0 Å². The number of aliphatic hydroxyl groups excluding tert-OH is 1. The molecule has 8 nitrogen and oxygen atoms in total. The van der Waals surface area contributed by atoms with E-state index in [1.807, 2.05) is 31.2 Å². The van der Waals surface area contributed by atoms with E-state index in [0.29, 0.717) is 48.1 Å². The van der Waals surface area contributed by atoms with E-state index in [1.54, 1.807) is 49.6 Å². The van der Waals surface area contributed by atoms with Crippen LogP contribution in [0.25, 0.3) is 5.76 Å². The van der Waals surface area contributed by atoms with Crippen molar-refractivity contribution in [3.05, 3.63) is 94.6 Å². The molecule has 1 heterocycles. The second-order valence-electron chi connectivity index (χ2n) is 9.87. The minimum atomic E-state index is -0.789. The molecule has 1 aliphatic heterocycles. The lowest BCUT2D eigenvalue weighted by Gasteiger charge is -2.28. The molecule has 0 spiro atoms. The van der Waals surface area contributed by atoms with E-state index in [0.717, 1.165) is 24.2 Å². The molecule has 1 fully saturated rings. The maximum atomic E-state index is 13.4. The molecule has 4 rings (SSSR count). The smallest absolute Gasteiger partial charge is 0.295 e. The number of rotatable bonds is 12. The van der Waals surface area contributed by atoms with Gasteiger partial charge < -0.3 is 29.1 Å². The molecule has 0 bridgehead atoms. The van der Waals surface area contributed by atoms with Gasteiger partial charge in [-0.2, -0.15) is 0 Å². The Morgan fingerprint density at radius 1 is 0.927 bits per heavy atom. The van der Waals surface area contributed by atoms with Crippen LogP contribution in [0.5, 0.6) is 17.2 Å². The summed E-state index contributed by atoms with van der Waals surface area (Å²) in [5.41, 5.74) is 3.32. The van der Waals surface area contributed by atoms with Gasteiger partial charge in [0.2, 0.25) is 0 Å². The number of methoxy groups -OCH3 is 2. The van der Waals surface area contributed by atoms with Crippen LogP contribution < -0.4 is 14.2 Å². The normalized spacial score (nSPS) is 16.3. The molecule has 1 N–H and O–H groups in total. The van der Waals surface area contributed by atoms with E-state index in [-0.39, 0.29) is 11.3 Å². The predicted molar refractivity (Wildman–Crippen MR) is 158 cm³/mol. The van der Waals surface area contributed by atoms with Gasteiger partial charge in [-0.3, -0.25) is 9.59 Å². The lowest BCUT2D eigenvalue weighted by Crippen LogP contribution is -2.38. The number of hydrogen-bond donors (Lipinski definition) is 1.